The first-order valence-electron chi connectivity index (χ1n) is 7.92. The third-order valence-corrected chi connectivity index (χ3v) is 7.21. The van der Waals surface area contributed by atoms with Gasteiger partial charge in [0, 0.05) is 6.04 Å². The van der Waals surface area contributed by atoms with Gasteiger partial charge in [-0.2, -0.15) is 0 Å². The summed E-state index contributed by atoms with van der Waals surface area (Å²) in [5.74, 6) is 0.169. The van der Waals surface area contributed by atoms with Gasteiger partial charge in [-0.1, -0.05) is 31.5 Å². The van der Waals surface area contributed by atoms with Crippen LogP contribution in [-0.2, 0) is 9.84 Å². The summed E-state index contributed by atoms with van der Waals surface area (Å²) in [7, 11) is -3.23. The van der Waals surface area contributed by atoms with E-state index in [0.717, 1.165) is 36.9 Å². The third kappa shape index (κ3) is 3.32. The lowest BCUT2D eigenvalue weighted by atomic mass is 10.1. The first-order valence-corrected chi connectivity index (χ1v) is 9.47. The van der Waals surface area contributed by atoms with Crippen molar-refractivity contribution in [1.82, 2.24) is 5.32 Å². The van der Waals surface area contributed by atoms with Gasteiger partial charge in [-0.15, -0.1) is 0 Å². The normalized spacial score (nSPS) is 26.2. The van der Waals surface area contributed by atoms with Crippen LogP contribution in [0.25, 0.3) is 0 Å². The van der Waals surface area contributed by atoms with Crippen molar-refractivity contribution in [2.24, 2.45) is 5.92 Å². The molecule has 1 aromatic carbocycles. The maximum Gasteiger partial charge on any atom is 0.181 e. The summed E-state index contributed by atoms with van der Waals surface area (Å²) in [6.07, 6.45) is 2.80. The first-order chi connectivity index (χ1) is 9.87. The van der Waals surface area contributed by atoms with E-state index in [1.165, 1.54) is 0 Å². The summed E-state index contributed by atoms with van der Waals surface area (Å²) in [6.45, 7) is 9.06. The van der Waals surface area contributed by atoms with Crippen molar-refractivity contribution in [2.75, 3.05) is 6.54 Å². The minimum atomic E-state index is -3.23. The van der Waals surface area contributed by atoms with E-state index in [-0.39, 0.29) is 11.2 Å². The maximum atomic E-state index is 13.0. The fraction of sp³-hybridized carbons (Fsp3) is 0.647. The molecule has 1 aliphatic rings. The van der Waals surface area contributed by atoms with Gasteiger partial charge < -0.3 is 5.32 Å². The highest BCUT2D eigenvalue weighted by molar-refractivity contribution is 7.92. The van der Waals surface area contributed by atoms with Crippen molar-refractivity contribution in [3.8, 4) is 0 Å². The lowest BCUT2D eigenvalue weighted by Crippen LogP contribution is -2.36. The summed E-state index contributed by atoms with van der Waals surface area (Å²) in [5.41, 5.74) is 1.97. The first kappa shape index (κ1) is 16.5. The van der Waals surface area contributed by atoms with Crippen LogP contribution >= 0.6 is 0 Å². The molecule has 1 saturated carbocycles. The van der Waals surface area contributed by atoms with Gasteiger partial charge in [-0.05, 0) is 57.2 Å². The van der Waals surface area contributed by atoms with Crippen molar-refractivity contribution >= 4 is 9.84 Å². The lowest BCUT2D eigenvalue weighted by Gasteiger charge is -2.22. The van der Waals surface area contributed by atoms with Crippen LogP contribution in [0.2, 0.25) is 0 Å². The molecule has 118 valence electrons. The van der Waals surface area contributed by atoms with Gasteiger partial charge in [0.15, 0.2) is 9.84 Å². The number of nitrogens with one attached hydrogen (secondary N) is 1. The quantitative estimate of drug-likeness (QED) is 0.908. The molecule has 1 fully saturated rings. The second kappa shape index (κ2) is 6.49. The lowest BCUT2D eigenvalue weighted by molar-refractivity contribution is 0.425. The van der Waals surface area contributed by atoms with Crippen LogP contribution in [-0.4, -0.2) is 26.3 Å². The monoisotopic (exact) mass is 309 g/mol. The summed E-state index contributed by atoms with van der Waals surface area (Å²) < 4.78 is 25.9. The van der Waals surface area contributed by atoms with E-state index in [9.17, 15) is 8.42 Å². The Morgan fingerprint density at radius 1 is 1.24 bits per heavy atom. The van der Waals surface area contributed by atoms with Gasteiger partial charge in [0.2, 0.25) is 0 Å². The van der Waals surface area contributed by atoms with E-state index in [1.54, 1.807) is 6.07 Å². The summed E-state index contributed by atoms with van der Waals surface area (Å²) in [5, 5.41) is 3.24. The minimum absolute atomic E-state index is 0.169. The zero-order valence-electron chi connectivity index (χ0n) is 13.5. The van der Waals surface area contributed by atoms with Gasteiger partial charge in [0.25, 0.3) is 0 Å². The molecule has 0 bridgehead atoms. The second-order valence-electron chi connectivity index (χ2n) is 6.35. The number of hydrogen-bond donors (Lipinski definition) is 1. The van der Waals surface area contributed by atoms with E-state index >= 15 is 0 Å². The van der Waals surface area contributed by atoms with Gasteiger partial charge in [-0.25, -0.2) is 8.42 Å². The fourth-order valence-electron chi connectivity index (χ4n) is 3.47. The van der Waals surface area contributed by atoms with Crippen LogP contribution in [0.4, 0.5) is 0 Å². The molecule has 0 heterocycles. The Labute approximate surface area is 129 Å². The molecular formula is C17H27NO2S. The fourth-order valence-corrected chi connectivity index (χ4v) is 5.76. The molecule has 0 radical (unpaired) electrons. The highest BCUT2D eigenvalue weighted by Crippen LogP contribution is 2.35. The van der Waals surface area contributed by atoms with E-state index in [2.05, 4.69) is 19.2 Å². The van der Waals surface area contributed by atoms with Crippen molar-refractivity contribution < 1.29 is 8.42 Å². The number of rotatable bonds is 5. The average molecular weight is 309 g/mol. The largest absolute Gasteiger partial charge is 0.314 e. The smallest absolute Gasteiger partial charge is 0.181 e. The van der Waals surface area contributed by atoms with Crippen LogP contribution < -0.4 is 5.32 Å². The highest BCUT2D eigenvalue weighted by atomic mass is 32.2. The van der Waals surface area contributed by atoms with Crippen molar-refractivity contribution in [3.63, 3.8) is 0 Å². The predicted octanol–water partition coefficient (Wildman–Crippen LogP) is 3.24. The zero-order chi connectivity index (χ0) is 15.6. The van der Waals surface area contributed by atoms with Gasteiger partial charge in [0.1, 0.15) is 0 Å². The number of benzene rings is 1. The van der Waals surface area contributed by atoms with E-state index in [4.69, 9.17) is 0 Å². The van der Waals surface area contributed by atoms with E-state index in [1.807, 2.05) is 26.0 Å². The van der Waals surface area contributed by atoms with Gasteiger partial charge in [-0.3, -0.25) is 0 Å². The molecule has 0 amide bonds. The molecule has 0 aliphatic heterocycles. The molecule has 2 rings (SSSR count). The molecular weight excluding hydrogens is 282 g/mol. The van der Waals surface area contributed by atoms with Crippen LogP contribution in [0.15, 0.2) is 23.1 Å². The van der Waals surface area contributed by atoms with Crippen LogP contribution in [0, 0.1) is 19.8 Å². The molecule has 3 nitrogen and oxygen atoms in total. The average Bonchev–Trinajstić information content (AvgIpc) is 2.77. The molecule has 0 spiro atoms. The second-order valence-corrected chi connectivity index (χ2v) is 8.48. The molecule has 1 aliphatic carbocycles. The van der Waals surface area contributed by atoms with Gasteiger partial charge >= 0.3 is 0 Å². The molecule has 3 unspecified atom stereocenters. The maximum absolute atomic E-state index is 13.0. The molecule has 1 N–H and O–H groups in total. The predicted molar refractivity (Wildman–Crippen MR) is 87.4 cm³/mol. The van der Waals surface area contributed by atoms with Crippen LogP contribution in [0.3, 0.4) is 0 Å². The Balaban J connectivity index is 2.24. The molecule has 0 aromatic heterocycles. The summed E-state index contributed by atoms with van der Waals surface area (Å²) >= 11 is 0. The van der Waals surface area contributed by atoms with Crippen LogP contribution in [0.1, 0.15) is 44.2 Å². The number of aryl methyl sites for hydroxylation is 2. The van der Waals surface area contributed by atoms with Crippen molar-refractivity contribution in [2.45, 2.75) is 63.1 Å². The Hall–Kier alpha value is -0.870. The van der Waals surface area contributed by atoms with Crippen molar-refractivity contribution in [1.29, 1.82) is 0 Å². The molecule has 21 heavy (non-hydrogen) atoms. The molecule has 0 saturated heterocycles. The Morgan fingerprint density at radius 2 is 1.95 bits per heavy atom. The Bertz CT molecular complexity index is 595. The summed E-state index contributed by atoms with van der Waals surface area (Å²) in [6, 6.07) is 5.96. The van der Waals surface area contributed by atoms with Crippen LogP contribution in [0.5, 0.6) is 0 Å². The zero-order valence-corrected chi connectivity index (χ0v) is 14.3. The third-order valence-electron chi connectivity index (χ3n) is 4.68. The highest BCUT2D eigenvalue weighted by Gasteiger charge is 2.41. The molecule has 1 aromatic rings. The number of hydrogen-bond acceptors (Lipinski definition) is 3. The Kier molecular flexibility index (Phi) is 5.10. The van der Waals surface area contributed by atoms with E-state index < -0.39 is 9.84 Å². The topological polar surface area (TPSA) is 46.2 Å². The standard InChI is InChI=1S/C17H27NO2S/c1-5-10-18-15-7-9-17(14(15)4)21(19,20)16-8-6-12(2)11-13(16)3/h6,8,11,14-15,17-18H,5,7,9-10H2,1-4H3. The van der Waals surface area contributed by atoms with Crippen molar-refractivity contribution in [3.05, 3.63) is 29.3 Å². The van der Waals surface area contributed by atoms with Gasteiger partial charge in [0.05, 0.1) is 10.1 Å². The Morgan fingerprint density at radius 3 is 2.57 bits per heavy atom. The van der Waals surface area contributed by atoms with E-state index in [0.29, 0.717) is 10.9 Å². The minimum Gasteiger partial charge on any atom is -0.314 e. The number of sulfone groups is 1. The molecule has 3 atom stereocenters. The summed E-state index contributed by atoms with van der Waals surface area (Å²) in [4.78, 5) is 0.515. The SMILES string of the molecule is CCCNC1CCC(S(=O)(=O)c2ccc(C)cc2C)C1C. The molecule has 4 heteroatoms.